The monoisotopic (exact) mass is 857 g/mol. The fourth-order valence-corrected chi connectivity index (χ4v) is 12.9. The van der Waals surface area contributed by atoms with E-state index in [1.54, 1.807) is 0 Å². The van der Waals surface area contributed by atoms with Crippen LogP contribution in [-0.2, 0) is 30.5 Å². The number of hydrogen-bond acceptors (Lipinski definition) is 4. The second-order valence-electron chi connectivity index (χ2n) is 16.2. The molecule has 6 rings (SSSR count). The zero-order valence-electron chi connectivity index (χ0n) is 33.5. The molecule has 2 aliphatic rings. The summed E-state index contributed by atoms with van der Waals surface area (Å²) in [6.07, 6.45) is 9.89. The van der Waals surface area contributed by atoms with E-state index in [9.17, 15) is 13.0 Å². The maximum absolute atomic E-state index is 13.6. The third kappa shape index (κ3) is 10.2. The molecular formula is C47H62NO3PPdS. The van der Waals surface area contributed by atoms with E-state index >= 15 is 0 Å². The SMILES string of the molecule is CC(C)c1cc(C(C)C)c(-c2ccccc2PC(C2CCCCC2)(C2CCCCC2)S(=O)(=O)[O-])c(C(C)C)c1.CNc1ccccc1-c1[c-]cccc1.[Pd+2]. The van der Waals surface area contributed by atoms with Gasteiger partial charge in [-0.3, -0.25) is 0 Å². The van der Waals surface area contributed by atoms with Gasteiger partial charge in [0.2, 0.25) is 0 Å². The van der Waals surface area contributed by atoms with E-state index in [4.69, 9.17) is 0 Å². The van der Waals surface area contributed by atoms with Crippen molar-refractivity contribution in [1.29, 1.82) is 0 Å². The van der Waals surface area contributed by atoms with Crippen molar-refractivity contribution >= 4 is 29.7 Å². The summed E-state index contributed by atoms with van der Waals surface area (Å²) in [5.41, 5.74) is 9.85. The summed E-state index contributed by atoms with van der Waals surface area (Å²) < 4.78 is 39.7. The van der Waals surface area contributed by atoms with Crippen LogP contribution in [0.1, 0.15) is 140 Å². The summed E-state index contributed by atoms with van der Waals surface area (Å²) in [5, 5.41) is 4.24. The van der Waals surface area contributed by atoms with Gasteiger partial charge in [-0.15, -0.1) is 35.9 Å². The van der Waals surface area contributed by atoms with Gasteiger partial charge in [0.1, 0.15) is 10.1 Å². The topological polar surface area (TPSA) is 69.2 Å². The van der Waals surface area contributed by atoms with Crippen molar-refractivity contribution in [1.82, 2.24) is 0 Å². The molecule has 4 aromatic rings. The Hall–Kier alpha value is -2.32. The molecule has 0 spiro atoms. The van der Waals surface area contributed by atoms with E-state index in [0.29, 0.717) is 17.8 Å². The van der Waals surface area contributed by atoms with Gasteiger partial charge in [0, 0.05) is 7.05 Å². The predicted octanol–water partition coefficient (Wildman–Crippen LogP) is 12.6. The quantitative estimate of drug-likeness (QED) is 0.0706. The van der Waals surface area contributed by atoms with Crippen LogP contribution in [0.5, 0.6) is 0 Å². The molecule has 1 atom stereocenters. The number of benzene rings is 4. The van der Waals surface area contributed by atoms with Crippen LogP contribution >= 0.6 is 8.58 Å². The molecule has 2 fully saturated rings. The predicted molar refractivity (Wildman–Crippen MR) is 228 cm³/mol. The summed E-state index contributed by atoms with van der Waals surface area (Å²) in [6, 6.07) is 32.6. The van der Waals surface area contributed by atoms with Gasteiger partial charge in [-0.05, 0) is 100 Å². The van der Waals surface area contributed by atoms with E-state index in [1.165, 1.54) is 27.8 Å². The summed E-state index contributed by atoms with van der Waals surface area (Å²) in [6.45, 7) is 13.5. The average Bonchev–Trinajstić information content (AvgIpc) is 3.17. The van der Waals surface area contributed by atoms with Crippen LogP contribution in [0, 0.1) is 17.9 Å². The van der Waals surface area contributed by atoms with Crippen molar-refractivity contribution in [3.63, 3.8) is 0 Å². The minimum absolute atomic E-state index is 0. The first-order chi connectivity index (χ1) is 25.4. The first kappa shape index (κ1) is 44.4. The molecule has 4 nitrogen and oxygen atoms in total. The second-order valence-corrected chi connectivity index (χ2v) is 19.8. The third-order valence-corrected chi connectivity index (χ3v) is 16.2. The van der Waals surface area contributed by atoms with Crippen LogP contribution in [0.4, 0.5) is 5.69 Å². The Labute approximate surface area is 343 Å². The van der Waals surface area contributed by atoms with Crippen molar-refractivity contribution in [2.75, 3.05) is 12.4 Å². The Kier molecular flexibility index (Phi) is 16.6. The first-order valence-electron chi connectivity index (χ1n) is 20.1. The summed E-state index contributed by atoms with van der Waals surface area (Å²) >= 11 is 0. The molecule has 54 heavy (non-hydrogen) atoms. The van der Waals surface area contributed by atoms with Crippen LogP contribution in [0.3, 0.4) is 0 Å². The van der Waals surface area contributed by atoms with Crippen molar-refractivity contribution in [3.05, 3.63) is 108 Å². The molecule has 0 saturated heterocycles. The van der Waals surface area contributed by atoms with Crippen LogP contribution in [0.15, 0.2) is 84.9 Å². The molecule has 0 amide bonds. The summed E-state index contributed by atoms with van der Waals surface area (Å²) in [7, 11) is -2.62. The number of rotatable bonds is 11. The Balaban J connectivity index is 0.000000362. The largest absolute Gasteiger partial charge is 2.00 e. The minimum atomic E-state index is -4.53. The van der Waals surface area contributed by atoms with Crippen LogP contribution < -0.4 is 10.6 Å². The van der Waals surface area contributed by atoms with Crippen molar-refractivity contribution < 1.29 is 33.4 Å². The van der Waals surface area contributed by atoms with Gasteiger partial charge in [-0.25, -0.2) is 8.42 Å². The molecule has 2 saturated carbocycles. The molecular weight excluding hydrogens is 796 g/mol. The third-order valence-electron chi connectivity index (χ3n) is 11.7. The Bertz CT molecular complexity index is 1830. The molecule has 0 aromatic heterocycles. The van der Waals surface area contributed by atoms with Gasteiger partial charge in [-0.2, -0.15) is 0 Å². The van der Waals surface area contributed by atoms with Gasteiger partial charge in [0.15, 0.2) is 0 Å². The zero-order valence-corrected chi connectivity index (χ0v) is 36.9. The number of hydrogen-bond donors (Lipinski definition) is 1. The maximum Gasteiger partial charge on any atom is 2.00 e. The molecule has 0 heterocycles. The molecule has 0 aliphatic heterocycles. The van der Waals surface area contributed by atoms with E-state index in [0.717, 1.165) is 86.3 Å². The van der Waals surface area contributed by atoms with E-state index in [2.05, 4.69) is 101 Å². The maximum atomic E-state index is 13.6. The first-order valence-corrected chi connectivity index (χ1v) is 22.5. The van der Waals surface area contributed by atoms with Crippen molar-refractivity contribution in [3.8, 4) is 22.3 Å². The zero-order chi connectivity index (χ0) is 38.2. The van der Waals surface area contributed by atoms with Gasteiger partial charge in [0.05, 0.1) is 4.49 Å². The second kappa shape index (κ2) is 20.2. The molecule has 1 N–H and O–H groups in total. The summed E-state index contributed by atoms with van der Waals surface area (Å²) in [4.78, 5) is 0. The molecule has 1 unspecified atom stereocenters. The molecule has 2 aliphatic carbocycles. The molecule has 7 heteroatoms. The molecule has 4 aromatic carbocycles. The van der Waals surface area contributed by atoms with Crippen LogP contribution in [-0.4, -0.2) is 24.5 Å². The van der Waals surface area contributed by atoms with Crippen LogP contribution in [0.2, 0.25) is 0 Å². The van der Waals surface area contributed by atoms with E-state index in [1.807, 2.05) is 43.4 Å². The fourth-order valence-electron chi connectivity index (χ4n) is 8.86. The average molecular weight is 858 g/mol. The summed E-state index contributed by atoms with van der Waals surface area (Å²) in [5.74, 6) is 1.01. The van der Waals surface area contributed by atoms with Gasteiger partial charge in [0.25, 0.3) is 0 Å². The Morgan fingerprint density at radius 3 is 1.67 bits per heavy atom. The Morgan fingerprint density at radius 2 is 1.20 bits per heavy atom. The van der Waals surface area contributed by atoms with Gasteiger partial charge in [-0.1, -0.05) is 149 Å². The standard InChI is InChI=1S/C34H51O3PS.C13H12N.Pd/c1-23(2)26-21-30(24(3)4)33(31(22-26)25(5)6)29-19-13-14-20-32(29)38-34(39(35,36)37,27-15-9-7-10-16-27)28-17-11-8-12-18-28;1-14-13-10-6-5-9-12(13)11-7-3-2-4-8-11;/h13-14,19-25,27-28,38H,7-12,15-18H2,1-6H3,(H,35,36,37);2-7,9-10,14H,1H3;/q;-1;+2/p-1. The fraction of sp³-hybridized carbons (Fsp3) is 0.489. The number of nitrogens with one attached hydrogen (secondary N) is 1. The normalized spacial score (nSPS) is 16.1. The van der Waals surface area contributed by atoms with Gasteiger partial charge < -0.3 is 9.87 Å². The molecule has 294 valence electrons. The molecule has 0 bridgehead atoms. The van der Waals surface area contributed by atoms with Crippen LogP contribution in [0.25, 0.3) is 22.3 Å². The van der Waals surface area contributed by atoms with Crippen molar-refractivity contribution in [2.24, 2.45) is 11.8 Å². The van der Waals surface area contributed by atoms with Crippen molar-refractivity contribution in [2.45, 2.75) is 128 Å². The Morgan fingerprint density at radius 1 is 0.704 bits per heavy atom. The van der Waals surface area contributed by atoms with E-state index < -0.39 is 14.6 Å². The molecule has 0 radical (unpaired) electrons. The minimum Gasteiger partial charge on any atom is -0.747 e. The number of para-hydroxylation sites is 1. The smallest absolute Gasteiger partial charge is 0.747 e. The van der Waals surface area contributed by atoms with Gasteiger partial charge >= 0.3 is 20.4 Å². The number of anilines is 1. The van der Waals surface area contributed by atoms with E-state index in [-0.39, 0.29) is 40.8 Å².